The van der Waals surface area contributed by atoms with E-state index in [9.17, 15) is 0 Å². The summed E-state index contributed by atoms with van der Waals surface area (Å²) in [6.07, 6.45) is 1.45. The van der Waals surface area contributed by atoms with E-state index in [1.807, 2.05) is 0 Å². The highest BCUT2D eigenvalue weighted by molar-refractivity contribution is 5.30. The molecule has 1 aliphatic heterocycles. The van der Waals surface area contributed by atoms with Crippen LogP contribution in [0, 0.1) is 0 Å². The van der Waals surface area contributed by atoms with Gasteiger partial charge >= 0.3 is 0 Å². The van der Waals surface area contributed by atoms with Crippen molar-refractivity contribution in [2.24, 2.45) is 0 Å². The maximum Gasteiger partial charge on any atom is 0.208 e. The molecule has 10 heavy (non-hydrogen) atoms. The second-order valence-electron chi connectivity index (χ2n) is 1.85. The number of hydrogen-bond donors (Lipinski definition) is 1. The minimum absolute atomic E-state index is 0.637. The lowest BCUT2D eigenvalue weighted by Crippen LogP contribution is -2.29. The molecule has 2 rings (SSSR count). The van der Waals surface area contributed by atoms with E-state index < -0.39 is 0 Å². The molecule has 1 saturated heterocycles. The van der Waals surface area contributed by atoms with Gasteiger partial charge in [0.25, 0.3) is 0 Å². The Labute approximate surface area is 56.7 Å². The van der Waals surface area contributed by atoms with Crippen LogP contribution in [-0.4, -0.2) is 23.5 Å². The minimum atomic E-state index is 0.637. The summed E-state index contributed by atoms with van der Waals surface area (Å²) in [6.45, 7) is 1.40. The van der Waals surface area contributed by atoms with Gasteiger partial charge in [0, 0.05) is 5.27 Å². The highest BCUT2D eigenvalue weighted by Crippen LogP contribution is 2.07. The summed E-state index contributed by atoms with van der Waals surface area (Å²) in [4.78, 5) is 4.85. The Balaban J connectivity index is 2.12. The van der Waals surface area contributed by atoms with E-state index >= 15 is 0 Å². The lowest BCUT2D eigenvalue weighted by atomic mass is 10.6. The van der Waals surface area contributed by atoms with Gasteiger partial charge < -0.3 is 4.52 Å². The predicted octanol–water partition coefficient (Wildman–Crippen LogP) is -0.674. The number of anilines is 1. The molecule has 6 heteroatoms. The van der Waals surface area contributed by atoms with Crippen LogP contribution in [0.1, 0.15) is 0 Å². The van der Waals surface area contributed by atoms with Gasteiger partial charge in [-0.25, -0.2) is 0 Å². The Kier molecular flexibility index (Phi) is 1.26. The average molecular weight is 142 g/mol. The van der Waals surface area contributed by atoms with Crippen molar-refractivity contribution in [3.05, 3.63) is 6.26 Å². The number of nitrogens with zero attached hydrogens (tertiary/aromatic N) is 3. The molecule has 1 aliphatic rings. The number of rotatable bonds is 1. The third-order valence-electron chi connectivity index (χ3n) is 1.22. The fraction of sp³-hybridized carbons (Fsp3) is 0.500. The molecule has 0 aliphatic carbocycles. The van der Waals surface area contributed by atoms with Crippen molar-refractivity contribution in [2.75, 3.05) is 18.2 Å². The highest BCUT2D eigenvalue weighted by Gasteiger charge is 2.14. The summed E-state index contributed by atoms with van der Waals surface area (Å²) in [7, 11) is 0. The molecule has 1 aromatic heterocycles. The first-order valence-corrected chi connectivity index (χ1v) is 2.89. The molecule has 0 radical (unpaired) electrons. The molecule has 0 atom stereocenters. The second kappa shape index (κ2) is 2.24. The summed E-state index contributed by atoms with van der Waals surface area (Å²) in [5, 5.41) is 8.67. The second-order valence-corrected chi connectivity index (χ2v) is 1.85. The van der Waals surface area contributed by atoms with Gasteiger partial charge in [0.15, 0.2) is 6.26 Å². The Morgan fingerprint density at radius 3 is 3.30 bits per heavy atom. The maximum absolute atomic E-state index is 4.85. The van der Waals surface area contributed by atoms with Crippen LogP contribution in [0.4, 0.5) is 5.82 Å². The van der Waals surface area contributed by atoms with Crippen molar-refractivity contribution >= 4 is 5.82 Å². The van der Waals surface area contributed by atoms with E-state index in [2.05, 4.69) is 20.5 Å². The fourth-order valence-corrected chi connectivity index (χ4v) is 0.745. The minimum Gasteiger partial charge on any atom is -0.343 e. The van der Waals surface area contributed by atoms with Gasteiger partial charge in [-0.05, 0) is 0 Å². The van der Waals surface area contributed by atoms with Gasteiger partial charge in [0.05, 0.1) is 13.2 Å². The molecule has 6 nitrogen and oxygen atoms in total. The zero-order valence-electron chi connectivity index (χ0n) is 5.15. The molecule has 1 N–H and O–H groups in total. The SMILES string of the molecule is c1onnc1N1CCON1. The molecular weight excluding hydrogens is 136 g/mol. The molecule has 0 bridgehead atoms. The third kappa shape index (κ3) is 0.829. The van der Waals surface area contributed by atoms with Crippen LogP contribution in [-0.2, 0) is 4.84 Å². The first-order chi connectivity index (χ1) is 4.97. The van der Waals surface area contributed by atoms with Gasteiger partial charge in [-0.2, -0.15) is 0 Å². The zero-order chi connectivity index (χ0) is 6.81. The summed E-state index contributed by atoms with van der Waals surface area (Å²) in [5.41, 5.74) is 2.63. The van der Waals surface area contributed by atoms with Crippen molar-refractivity contribution in [3.63, 3.8) is 0 Å². The summed E-state index contributed by atoms with van der Waals surface area (Å²) in [6, 6.07) is 0. The van der Waals surface area contributed by atoms with Crippen LogP contribution in [0.5, 0.6) is 0 Å². The normalized spacial score (nSPS) is 18.2. The van der Waals surface area contributed by atoms with Crippen LogP contribution < -0.4 is 10.6 Å². The monoisotopic (exact) mass is 142 g/mol. The summed E-state index contributed by atoms with van der Waals surface area (Å²) >= 11 is 0. The van der Waals surface area contributed by atoms with Gasteiger partial charge in [0.2, 0.25) is 5.82 Å². The van der Waals surface area contributed by atoms with E-state index in [4.69, 9.17) is 4.84 Å². The van der Waals surface area contributed by atoms with E-state index in [-0.39, 0.29) is 0 Å². The molecule has 2 heterocycles. The van der Waals surface area contributed by atoms with E-state index in [1.54, 1.807) is 5.01 Å². The number of hydrogen-bond acceptors (Lipinski definition) is 6. The Morgan fingerprint density at radius 1 is 1.70 bits per heavy atom. The lowest BCUT2D eigenvalue weighted by molar-refractivity contribution is 0.0982. The van der Waals surface area contributed by atoms with E-state index in [1.165, 1.54) is 6.26 Å². The summed E-state index contributed by atoms with van der Waals surface area (Å²) < 4.78 is 4.53. The van der Waals surface area contributed by atoms with Crippen molar-refractivity contribution in [2.45, 2.75) is 0 Å². The van der Waals surface area contributed by atoms with Crippen molar-refractivity contribution in [1.29, 1.82) is 0 Å². The Morgan fingerprint density at radius 2 is 2.70 bits per heavy atom. The molecule has 1 aromatic rings. The van der Waals surface area contributed by atoms with E-state index in [0.29, 0.717) is 12.4 Å². The number of aromatic nitrogens is 2. The third-order valence-corrected chi connectivity index (χ3v) is 1.22. The van der Waals surface area contributed by atoms with E-state index in [0.717, 1.165) is 6.54 Å². The molecule has 0 aromatic carbocycles. The van der Waals surface area contributed by atoms with Crippen LogP contribution in [0.15, 0.2) is 10.8 Å². The zero-order valence-corrected chi connectivity index (χ0v) is 5.15. The Hall–Kier alpha value is -1.14. The van der Waals surface area contributed by atoms with Crippen LogP contribution in [0.25, 0.3) is 0 Å². The van der Waals surface area contributed by atoms with Gasteiger partial charge in [0.1, 0.15) is 0 Å². The quantitative estimate of drug-likeness (QED) is 0.560. The molecule has 0 spiro atoms. The van der Waals surface area contributed by atoms with Gasteiger partial charge in [-0.3, -0.25) is 9.85 Å². The van der Waals surface area contributed by atoms with Gasteiger partial charge in [-0.15, -0.1) is 5.59 Å². The first-order valence-electron chi connectivity index (χ1n) is 2.89. The molecule has 0 saturated carbocycles. The highest BCUT2D eigenvalue weighted by atomic mass is 16.7. The van der Waals surface area contributed by atoms with Crippen LogP contribution in [0.2, 0.25) is 0 Å². The number of nitrogens with one attached hydrogen (secondary N) is 1. The molecule has 1 fully saturated rings. The lowest BCUT2D eigenvalue weighted by Gasteiger charge is -2.08. The standard InChI is InChI=1S/C4H6N4O2/c1-2-9-7-8(1)4-3-10-6-5-4/h3,7H,1-2H2. The fourth-order valence-electron chi connectivity index (χ4n) is 0.745. The smallest absolute Gasteiger partial charge is 0.208 e. The molecule has 0 amide bonds. The van der Waals surface area contributed by atoms with Crippen LogP contribution >= 0.6 is 0 Å². The maximum atomic E-state index is 4.85. The molecule has 0 unspecified atom stereocenters. The number of hydrazine groups is 1. The molecule has 54 valence electrons. The van der Waals surface area contributed by atoms with Crippen molar-refractivity contribution < 1.29 is 9.36 Å². The first kappa shape index (κ1) is 5.63. The predicted molar refractivity (Wildman–Crippen MR) is 30.7 cm³/mol. The van der Waals surface area contributed by atoms with Crippen LogP contribution in [0.3, 0.4) is 0 Å². The largest absolute Gasteiger partial charge is 0.343 e. The Bertz CT molecular complexity index is 193. The van der Waals surface area contributed by atoms with Gasteiger partial charge in [-0.1, -0.05) is 5.10 Å². The average Bonchev–Trinajstić information content (AvgIpc) is 2.59. The van der Waals surface area contributed by atoms with Crippen molar-refractivity contribution in [1.82, 2.24) is 16.0 Å². The molecular formula is C4H6N4O2. The summed E-state index contributed by atoms with van der Waals surface area (Å²) in [5.74, 6) is 0.637. The topological polar surface area (TPSA) is 63.4 Å². The van der Waals surface area contributed by atoms with Crippen molar-refractivity contribution in [3.8, 4) is 0 Å².